The van der Waals surface area contributed by atoms with Gasteiger partial charge in [0.1, 0.15) is 0 Å². The molecular weight excluding hydrogens is 295 g/mol. The Morgan fingerprint density at radius 2 is 1.76 bits per heavy atom. The molecule has 0 heterocycles. The molecule has 0 aliphatic heterocycles. The Kier molecular flexibility index (Phi) is 4.47. The van der Waals surface area contributed by atoms with E-state index < -0.39 is 11.7 Å². The van der Waals surface area contributed by atoms with E-state index in [1.165, 1.54) is 6.07 Å². The van der Waals surface area contributed by atoms with Crippen molar-refractivity contribution in [1.82, 2.24) is 0 Å². The number of benzene rings is 1. The molecule has 1 atom stereocenters. The molecule has 0 saturated carbocycles. The summed E-state index contributed by atoms with van der Waals surface area (Å²) in [6.07, 6.45) is -4.34. The van der Waals surface area contributed by atoms with Gasteiger partial charge in [0.15, 0.2) is 0 Å². The van der Waals surface area contributed by atoms with Gasteiger partial charge in [-0.05, 0) is 31.0 Å². The van der Waals surface area contributed by atoms with E-state index >= 15 is 0 Å². The summed E-state index contributed by atoms with van der Waals surface area (Å²) in [6.45, 7) is 5.79. The predicted octanol–water partition coefficient (Wildman–Crippen LogP) is 4.92. The second kappa shape index (κ2) is 5.29. The number of rotatable bonds is 3. The lowest BCUT2D eigenvalue weighted by Gasteiger charge is -2.22. The van der Waals surface area contributed by atoms with Crippen LogP contribution in [0.3, 0.4) is 0 Å². The van der Waals surface area contributed by atoms with Crippen molar-refractivity contribution >= 4 is 21.6 Å². The molecule has 1 N–H and O–H groups in total. The Morgan fingerprint density at radius 1 is 1.18 bits per heavy atom. The number of hydrogen-bond donors (Lipinski definition) is 1. The van der Waals surface area contributed by atoms with Gasteiger partial charge in [0.05, 0.1) is 5.56 Å². The Labute approximate surface area is 108 Å². The Bertz CT molecular complexity index is 388. The Balaban J connectivity index is 3.07. The molecule has 0 saturated heterocycles. The van der Waals surface area contributed by atoms with E-state index in [0.717, 1.165) is 6.07 Å². The van der Waals surface area contributed by atoms with E-state index in [1.807, 2.05) is 20.8 Å². The zero-order valence-corrected chi connectivity index (χ0v) is 11.5. The highest BCUT2D eigenvalue weighted by Crippen LogP contribution is 2.37. The van der Waals surface area contributed by atoms with Gasteiger partial charge in [0, 0.05) is 16.2 Å². The third-order valence-electron chi connectivity index (χ3n) is 2.67. The monoisotopic (exact) mass is 309 g/mol. The molecule has 0 aromatic heterocycles. The van der Waals surface area contributed by atoms with Crippen LogP contribution in [0.2, 0.25) is 0 Å². The third-order valence-corrected chi connectivity index (χ3v) is 3.16. The van der Waals surface area contributed by atoms with Crippen LogP contribution in [0.25, 0.3) is 0 Å². The first-order valence-electron chi connectivity index (χ1n) is 5.35. The van der Waals surface area contributed by atoms with E-state index in [2.05, 4.69) is 21.2 Å². The molecule has 0 aliphatic rings. The van der Waals surface area contributed by atoms with Crippen LogP contribution in [0, 0.1) is 5.92 Å². The van der Waals surface area contributed by atoms with Crippen LogP contribution in [0.1, 0.15) is 26.3 Å². The summed E-state index contributed by atoms with van der Waals surface area (Å²) in [5, 5.41) is 2.90. The lowest BCUT2D eigenvalue weighted by Crippen LogP contribution is -2.23. The molecule has 1 unspecified atom stereocenters. The van der Waals surface area contributed by atoms with Crippen LogP contribution in [0.15, 0.2) is 22.7 Å². The van der Waals surface area contributed by atoms with Crippen molar-refractivity contribution in [2.45, 2.75) is 33.0 Å². The maximum absolute atomic E-state index is 12.8. The summed E-state index contributed by atoms with van der Waals surface area (Å²) in [6, 6.07) is 4.13. The standard InChI is InChI=1S/C12H15BrF3N/c1-7(2)8(3)17-11-5-4-9(13)6-10(11)12(14,15)16/h4-8,17H,1-3H3. The van der Waals surface area contributed by atoms with Crippen molar-refractivity contribution in [3.63, 3.8) is 0 Å². The maximum Gasteiger partial charge on any atom is 0.418 e. The fourth-order valence-corrected chi connectivity index (χ4v) is 1.65. The van der Waals surface area contributed by atoms with Crippen molar-refractivity contribution in [3.05, 3.63) is 28.2 Å². The topological polar surface area (TPSA) is 12.0 Å². The highest BCUT2D eigenvalue weighted by molar-refractivity contribution is 9.10. The summed E-state index contributed by atoms with van der Waals surface area (Å²) in [5.74, 6) is 0.264. The molecule has 0 aliphatic carbocycles. The minimum Gasteiger partial charge on any atom is -0.382 e. The maximum atomic E-state index is 12.8. The highest BCUT2D eigenvalue weighted by atomic mass is 79.9. The van der Waals surface area contributed by atoms with Gasteiger partial charge in [-0.25, -0.2) is 0 Å². The molecule has 1 nitrogen and oxygen atoms in total. The molecule has 0 bridgehead atoms. The fourth-order valence-electron chi connectivity index (χ4n) is 1.29. The van der Waals surface area contributed by atoms with E-state index in [1.54, 1.807) is 6.07 Å². The molecule has 1 rings (SSSR count). The largest absolute Gasteiger partial charge is 0.418 e. The molecule has 96 valence electrons. The van der Waals surface area contributed by atoms with Crippen molar-refractivity contribution in [1.29, 1.82) is 0 Å². The zero-order chi connectivity index (χ0) is 13.2. The van der Waals surface area contributed by atoms with Crippen molar-refractivity contribution in [2.24, 2.45) is 5.92 Å². The second-order valence-corrected chi connectivity index (χ2v) is 5.28. The van der Waals surface area contributed by atoms with Crippen molar-refractivity contribution < 1.29 is 13.2 Å². The van der Waals surface area contributed by atoms with Gasteiger partial charge in [-0.2, -0.15) is 13.2 Å². The molecule has 0 fully saturated rings. The first-order chi connectivity index (χ1) is 7.71. The van der Waals surface area contributed by atoms with Crippen LogP contribution in [-0.2, 0) is 6.18 Å². The van der Waals surface area contributed by atoms with E-state index in [4.69, 9.17) is 0 Å². The molecular formula is C12H15BrF3N. The summed E-state index contributed by atoms with van der Waals surface area (Å²) in [5.41, 5.74) is -0.513. The highest BCUT2D eigenvalue weighted by Gasteiger charge is 2.34. The molecule has 1 aromatic carbocycles. The van der Waals surface area contributed by atoms with Crippen LogP contribution >= 0.6 is 15.9 Å². The first-order valence-corrected chi connectivity index (χ1v) is 6.14. The predicted molar refractivity (Wildman–Crippen MR) is 67.1 cm³/mol. The van der Waals surface area contributed by atoms with Gasteiger partial charge in [0.2, 0.25) is 0 Å². The smallest absolute Gasteiger partial charge is 0.382 e. The van der Waals surface area contributed by atoms with Crippen LogP contribution < -0.4 is 5.32 Å². The van der Waals surface area contributed by atoms with E-state index in [9.17, 15) is 13.2 Å². The molecule has 1 aromatic rings. The average Bonchev–Trinajstić information content (AvgIpc) is 2.18. The van der Waals surface area contributed by atoms with Gasteiger partial charge in [-0.15, -0.1) is 0 Å². The SMILES string of the molecule is CC(C)C(C)Nc1ccc(Br)cc1C(F)(F)F. The minimum atomic E-state index is -4.34. The van der Waals surface area contributed by atoms with Gasteiger partial charge >= 0.3 is 6.18 Å². The molecule has 17 heavy (non-hydrogen) atoms. The average molecular weight is 310 g/mol. The number of hydrogen-bond acceptors (Lipinski definition) is 1. The van der Waals surface area contributed by atoms with Crippen molar-refractivity contribution in [3.8, 4) is 0 Å². The second-order valence-electron chi connectivity index (χ2n) is 4.36. The number of nitrogens with one attached hydrogen (secondary N) is 1. The molecule has 0 spiro atoms. The molecule has 5 heteroatoms. The Morgan fingerprint density at radius 3 is 2.24 bits per heavy atom. The van der Waals surface area contributed by atoms with Crippen LogP contribution in [0.4, 0.5) is 18.9 Å². The fraction of sp³-hybridized carbons (Fsp3) is 0.500. The van der Waals surface area contributed by atoms with E-state index in [0.29, 0.717) is 4.47 Å². The van der Waals surface area contributed by atoms with E-state index in [-0.39, 0.29) is 17.6 Å². The van der Waals surface area contributed by atoms with Crippen LogP contribution in [0.5, 0.6) is 0 Å². The lowest BCUT2D eigenvalue weighted by molar-refractivity contribution is -0.137. The summed E-state index contributed by atoms with van der Waals surface area (Å²) >= 11 is 3.06. The third kappa shape index (κ3) is 3.91. The normalized spacial score (nSPS) is 13.9. The number of alkyl halides is 3. The molecule has 0 amide bonds. The van der Waals surface area contributed by atoms with Gasteiger partial charge in [-0.1, -0.05) is 29.8 Å². The summed E-state index contributed by atoms with van der Waals surface area (Å²) < 4.78 is 38.9. The quantitative estimate of drug-likeness (QED) is 0.835. The summed E-state index contributed by atoms with van der Waals surface area (Å²) in [4.78, 5) is 0. The van der Waals surface area contributed by atoms with Gasteiger partial charge in [-0.3, -0.25) is 0 Å². The van der Waals surface area contributed by atoms with Crippen molar-refractivity contribution in [2.75, 3.05) is 5.32 Å². The van der Waals surface area contributed by atoms with Gasteiger partial charge < -0.3 is 5.32 Å². The lowest BCUT2D eigenvalue weighted by atomic mass is 10.0. The van der Waals surface area contributed by atoms with Crippen LogP contribution in [-0.4, -0.2) is 6.04 Å². The Hall–Kier alpha value is -0.710. The molecule has 0 radical (unpaired) electrons. The van der Waals surface area contributed by atoms with Gasteiger partial charge in [0.25, 0.3) is 0 Å². The minimum absolute atomic E-state index is 0.0164. The number of halogens is 4. The zero-order valence-electron chi connectivity index (χ0n) is 9.90. The summed E-state index contributed by atoms with van der Waals surface area (Å²) in [7, 11) is 0. The number of anilines is 1. The first kappa shape index (κ1) is 14.4.